The van der Waals surface area contributed by atoms with Crippen molar-refractivity contribution in [3.8, 4) is 0 Å². The zero-order valence-electron chi connectivity index (χ0n) is 16.3. The number of likely N-dealkylation sites (N-methyl/N-ethyl adjacent to an activating group) is 1. The molecule has 8 nitrogen and oxygen atoms in total. The van der Waals surface area contributed by atoms with Crippen molar-refractivity contribution in [3.05, 3.63) is 17.7 Å². The maximum atomic E-state index is 12.9. The molecule has 1 fully saturated rings. The van der Waals surface area contributed by atoms with Crippen molar-refractivity contribution < 1.29 is 14.4 Å². The highest BCUT2D eigenvalue weighted by atomic mass is 16.2. The quantitative estimate of drug-likeness (QED) is 0.796. The smallest absolute Gasteiger partial charge is 0.245 e. The van der Waals surface area contributed by atoms with E-state index in [0.717, 1.165) is 11.4 Å². The molecule has 1 aliphatic rings. The van der Waals surface area contributed by atoms with Crippen LogP contribution in [0.25, 0.3) is 0 Å². The molecule has 1 aromatic rings. The topological polar surface area (TPSA) is 87.5 Å². The van der Waals surface area contributed by atoms with Crippen molar-refractivity contribution in [2.24, 2.45) is 0 Å². The van der Waals surface area contributed by atoms with Crippen LogP contribution in [0.3, 0.4) is 0 Å². The van der Waals surface area contributed by atoms with Gasteiger partial charge in [0, 0.05) is 38.3 Å². The Kier molecular flexibility index (Phi) is 6.39. The summed E-state index contributed by atoms with van der Waals surface area (Å²) in [6.45, 7) is 10.8. The molecule has 144 valence electrons. The summed E-state index contributed by atoms with van der Waals surface area (Å²) in [5, 5.41) is 2.84. The van der Waals surface area contributed by atoms with Crippen LogP contribution in [0.2, 0.25) is 0 Å². The first-order valence-electron chi connectivity index (χ1n) is 9.12. The Morgan fingerprint density at radius 2 is 1.92 bits per heavy atom. The highest BCUT2D eigenvalue weighted by Crippen LogP contribution is 2.21. The van der Waals surface area contributed by atoms with Gasteiger partial charge in [-0.2, -0.15) is 0 Å². The zero-order chi connectivity index (χ0) is 19.4. The number of carbonyl (C=O) groups is 3. The molecule has 2 atom stereocenters. The van der Waals surface area contributed by atoms with Gasteiger partial charge in [0.25, 0.3) is 0 Å². The van der Waals surface area contributed by atoms with E-state index in [9.17, 15) is 14.4 Å². The Morgan fingerprint density at radius 1 is 1.27 bits per heavy atom. The van der Waals surface area contributed by atoms with Crippen LogP contribution in [0, 0.1) is 13.8 Å². The van der Waals surface area contributed by atoms with Crippen LogP contribution in [0.1, 0.15) is 38.6 Å². The van der Waals surface area contributed by atoms with E-state index in [1.165, 1.54) is 6.92 Å². The summed E-state index contributed by atoms with van der Waals surface area (Å²) in [6.07, 6.45) is 2.09. The van der Waals surface area contributed by atoms with E-state index in [-0.39, 0.29) is 30.3 Å². The minimum Gasteiger partial charge on any atom is -0.352 e. The van der Waals surface area contributed by atoms with Crippen molar-refractivity contribution in [3.63, 3.8) is 0 Å². The molecule has 0 aromatic carbocycles. The summed E-state index contributed by atoms with van der Waals surface area (Å²) in [4.78, 5) is 44.8. The van der Waals surface area contributed by atoms with Crippen molar-refractivity contribution >= 4 is 17.7 Å². The lowest BCUT2D eigenvalue weighted by molar-refractivity contribution is -0.143. The number of carbonyl (C=O) groups excluding carboxylic acids is 3. The van der Waals surface area contributed by atoms with Crippen LogP contribution >= 0.6 is 0 Å². The minimum absolute atomic E-state index is 0.0604. The normalized spacial score (nSPS) is 19.5. The molecule has 0 unspecified atom stereocenters. The predicted molar refractivity (Wildman–Crippen MR) is 97.4 cm³/mol. The molecular formula is C18H29N5O3. The second kappa shape index (κ2) is 8.33. The van der Waals surface area contributed by atoms with Gasteiger partial charge < -0.3 is 19.7 Å². The minimum atomic E-state index is -0.538. The Bertz CT molecular complexity index is 680. The van der Waals surface area contributed by atoms with Gasteiger partial charge in [-0.05, 0) is 34.1 Å². The van der Waals surface area contributed by atoms with Crippen LogP contribution in [-0.2, 0) is 20.9 Å². The third kappa shape index (κ3) is 4.23. The van der Waals surface area contributed by atoms with E-state index in [1.807, 2.05) is 27.7 Å². The Balaban J connectivity index is 2.19. The molecule has 1 saturated heterocycles. The molecular weight excluding hydrogens is 334 g/mol. The Morgan fingerprint density at radius 3 is 2.42 bits per heavy atom. The van der Waals surface area contributed by atoms with Crippen molar-refractivity contribution in [2.45, 2.75) is 59.7 Å². The molecule has 1 N–H and O–H groups in total. The second-order valence-electron chi connectivity index (χ2n) is 6.75. The molecule has 0 saturated carbocycles. The number of hydrogen-bond donors (Lipinski definition) is 1. The third-order valence-electron chi connectivity index (χ3n) is 5.04. The first-order chi connectivity index (χ1) is 12.3. The third-order valence-corrected chi connectivity index (χ3v) is 5.04. The van der Waals surface area contributed by atoms with Gasteiger partial charge in [-0.3, -0.25) is 14.4 Å². The molecule has 8 heteroatoms. The lowest BCUT2D eigenvalue weighted by atomic mass is 10.1. The fraction of sp³-hybridized carbons (Fsp3) is 0.667. The van der Waals surface area contributed by atoms with E-state index in [1.54, 1.807) is 20.7 Å². The predicted octanol–water partition coefficient (Wildman–Crippen LogP) is 0.474. The van der Waals surface area contributed by atoms with Crippen LogP contribution in [0.15, 0.2) is 6.33 Å². The molecule has 0 bridgehead atoms. The fourth-order valence-electron chi connectivity index (χ4n) is 3.42. The number of imidazole rings is 1. The second-order valence-corrected chi connectivity index (χ2v) is 6.75. The van der Waals surface area contributed by atoms with Crippen LogP contribution in [0.4, 0.5) is 0 Å². The molecule has 1 aromatic heterocycles. The van der Waals surface area contributed by atoms with Gasteiger partial charge in [-0.1, -0.05) is 0 Å². The van der Waals surface area contributed by atoms with Gasteiger partial charge in [0.2, 0.25) is 17.7 Å². The van der Waals surface area contributed by atoms with Gasteiger partial charge in [0.15, 0.2) is 0 Å². The molecule has 0 spiro atoms. The van der Waals surface area contributed by atoms with E-state index in [4.69, 9.17) is 0 Å². The molecule has 0 aliphatic carbocycles. The summed E-state index contributed by atoms with van der Waals surface area (Å²) in [7, 11) is 0. The van der Waals surface area contributed by atoms with Crippen molar-refractivity contribution in [2.75, 3.05) is 19.6 Å². The highest BCUT2D eigenvalue weighted by molar-refractivity contribution is 5.88. The van der Waals surface area contributed by atoms with Gasteiger partial charge in [0.05, 0.1) is 12.0 Å². The summed E-state index contributed by atoms with van der Waals surface area (Å²) < 4.78 is 1.79. The summed E-state index contributed by atoms with van der Waals surface area (Å²) in [6, 6.07) is -0.740. The van der Waals surface area contributed by atoms with Crippen LogP contribution in [-0.4, -0.2) is 68.8 Å². The maximum Gasteiger partial charge on any atom is 0.245 e. The highest BCUT2D eigenvalue weighted by Gasteiger charge is 2.41. The first kappa shape index (κ1) is 19.9. The number of nitrogens with one attached hydrogen (secondary N) is 1. The lowest BCUT2D eigenvalue weighted by Crippen LogP contribution is -2.48. The van der Waals surface area contributed by atoms with E-state index >= 15 is 0 Å². The summed E-state index contributed by atoms with van der Waals surface area (Å²) in [5.41, 5.74) is 1.81. The monoisotopic (exact) mass is 363 g/mol. The molecule has 3 amide bonds. The van der Waals surface area contributed by atoms with Gasteiger partial charge >= 0.3 is 0 Å². The average molecular weight is 363 g/mol. The summed E-state index contributed by atoms with van der Waals surface area (Å²) >= 11 is 0. The zero-order valence-corrected chi connectivity index (χ0v) is 16.3. The Hall–Kier alpha value is -2.38. The largest absolute Gasteiger partial charge is 0.352 e. The van der Waals surface area contributed by atoms with E-state index in [2.05, 4.69) is 10.3 Å². The molecule has 2 heterocycles. The van der Waals surface area contributed by atoms with Crippen LogP contribution in [0.5, 0.6) is 0 Å². The number of likely N-dealkylation sites (tertiary alicyclic amines) is 1. The SMILES string of the molecule is CCN(CC)C(=O)[C@@H]1C[C@@H](NC(C)=O)CN1C(=O)Cn1cnc(C)c1C. The summed E-state index contributed by atoms with van der Waals surface area (Å²) in [5.74, 6) is -0.349. The van der Waals surface area contributed by atoms with Crippen LogP contribution < -0.4 is 5.32 Å². The average Bonchev–Trinajstić information content (AvgIpc) is 3.14. The molecule has 0 radical (unpaired) electrons. The molecule has 26 heavy (non-hydrogen) atoms. The first-order valence-corrected chi connectivity index (χ1v) is 9.12. The number of amides is 3. The number of aromatic nitrogens is 2. The lowest BCUT2D eigenvalue weighted by Gasteiger charge is -2.29. The Labute approximate surface area is 154 Å². The number of aryl methyl sites for hydroxylation is 1. The number of nitrogens with zero attached hydrogens (tertiary/aromatic N) is 4. The maximum absolute atomic E-state index is 12.9. The van der Waals surface area contributed by atoms with Crippen molar-refractivity contribution in [1.29, 1.82) is 0 Å². The van der Waals surface area contributed by atoms with E-state index in [0.29, 0.717) is 26.1 Å². The fourth-order valence-corrected chi connectivity index (χ4v) is 3.42. The number of hydrogen-bond acceptors (Lipinski definition) is 4. The molecule has 2 rings (SSSR count). The standard InChI is InChI=1S/C18H29N5O3/c1-6-21(7-2)18(26)16-8-15(20-14(5)24)9-23(16)17(25)10-22-11-19-12(3)13(22)4/h11,15-16H,6-10H2,1-5H3,(H,20,24)/t15-,16+/m1/s1. The van der Waals surface area contributed by atoms with Gasteiger partial charge in [-0.25, -0.2) is 4.98 Å². The van der Waals surface area contributed by atoms with Gasteiger partial charge in [-0.15, -0.1) is 0 Å². The molecule has 1 aliphatic heterocycles. The van der Waals surface area contributed by atoms with Gasteiger partial charge in [0.1, 0.15) is 12.6 Å². The van der Waals surface area contributed by atoms with E-state index < -0.39 is 6.04 Å². The number of rotatable bonds is 6. The van der Waals surface area contributed by atoms with Crippen molar-refractivity contribution in [1.82, 2.24) is 24.7 Å².